The van der Waals surface area contributed by atoms with Gasteiger partial charge in [-0.25, -0.2) is 9.97 Å². The number of halogens is 1. The van der Waals surface area contributed by atoms with Crippen molar-refractivity contribution >= 4 is 23.4 Å². The number of aromatic nitrogens is 2. The van der Waals surface area contributed by atoms with E-state index in [0.29, 0.717) is 24.1 Å². The molecular formula is C10H12ClN3O2. The van der Waals surface area contributed by atoms with Crippen molar-refractivity contribution in [2.45, 2.75) is 6.92 Å². The van der Waals surface area contributed by atoms with Gasteiger partial charge in [-0.2, -0.15) is 0 Å². The first-order chi connectivity index (χ1) is 7.60. The molecule has 1 saturated heterocycles. The number of carbonyl (C=O) groups is 1. The summed E-state index contributed by atoms with van der Waals surface area (Å²) in [7, 11) is 1.40. The van der Waals surface area contributed by atoms with Gasteiger partial charge in [-0.05, 0) is 6.92 Å². The molecule has 1 aromatic rings. The van der Waals surface area contributed by atoms with E-state index in [1.807, 2.05) is 4.90 Å². The Bertz CT molecular complexity index is 398. The van der Waals surface area contributed by atoms with E-state index in [0.717, 1.165) is 5.82 Å². The van der Waals surface area contributed by atoms with Gasteiger partial charge in [0.2, 0.25) is 0 Å². The van der Waals surface area contributed by atoms with Crippen molar-refractivity contribution in [1.82, 2.24) is 9.97 Å². The Morgan fingerprint density at radius 3 is 2.81 bits per heavy atom. The number of anilines is 1. The van der Waals surface area contributed by atoms with E-state index in [4.69, 9.17) is 11.6 Å². The minimum Gasteiger partial charge on any atom is -0.469 e. The van der Waals surface area contributed by atoms with E-state index in [1.54, 1.807) is 13.0 Å². The number of esters is 1. The molecule has 0 amide bonds. The number of carbonyl (C=O) groups excluding carboxylic acids is 1. The van der Waals surface area contributed by atoms with Crippen molar-refractivity contribution in [3.05, 3.63) is 17.0 Å². The molecule has 16 heavy (non-hydrogen) atoms. The summed E-state index contributed by atoms with van der Waals surface area (Å²) in [6.45, 7) is 3.03. The highest BCUT2D eigenvalue weighted by Crippen LogP contribution is 2.25. The zero-order valence-corrected chi connectivity index (χ0v) is 9.86. The normalized spacial score (nSPS) is 15.8. The van der Waals surface area contributed by atoms with Crippen molar-refractivity contribution in [1.29, 1.82) is 0 Å². The first-order valence-corrected chi connectivity index (χ1v) is 5.32. The summed E-state index contributed by atoms with van der Waals surface area (Å²) in [5.74, 6) is 1.16. The van der Waals surface area contributed by atoms with Crippen LogP contribution in [0, 0.1) is 12.8 Å². The summed E-state index contributed by atoms with van der Waals surface area (Å²) in [5.41, 5.74) is 0. The van der Waals surface area contributed by atoms with Gasteiger partial charge in [0.05, 0.1) is 13.0 Å². The zero-order chi connectivity index (χ0) is 11.7. The molecule has 1 fully saturated rings. The molecule has 0 aromatic carbocycles. The molecule has 0 spiro atoms. The molecule has 2 heterocycles. The minimum atomic E-state index is -0.173. The van der Waals surface area contributed by atoms with Crippen LogP contribution in [0.25, 0.3) is 0 Å². The third-order valence-electron chi connectivity index (χ3n) is 2.53. The second-order valence-electron chi connectivity index (χ2n) is 3.72. The fourth-order valence-electron chi connectivity index (χ4n) is 1.66. The molecule has 0 radical (unpaired) electrons. The van der Waals surface area contributed by atoms with Crippen LogP contribution in [0.2, 0.25) is 5.15 Å². The largest absolute Gasteiger partial charge is 0.469 e. The third-order valence-corrected chi connectivity index (χ3v) is 2.73. The SMILES string of the molecule is COC(=O)C1CN(c2cc(Cl)nc(C)n2)C1. The maximum atomic E-state index is 11.2. The van der Waals surface area contributed by atoms with Gasteiger partial charge in [-0.15, -0.1) is 0 Å². The molecule has 1 aliphatic heterocycles. The number of methoxy groups -OCH3 is 1. The number of ether oxygens (including phenoxy) is 1. The molecule has 0 N–H and O–H groups in total. The van der Waals surface area contributed by atoms with Gasteiger partial charge in [0.25, 0.3) is 0 Å². The van der Waals surface area contributed by atoms with Crippen LogP contribution in [0.5, 0.6) is 0 Å². The molecule has 2 rings (SSSR count). The van der Waals surface area contributed by atoms with Gasteiger partial charge in [0, 0.05) is 19.2 Å². The van der Waals surface area contributed by atoms with E-state index in [2.05, 4.69) is 14.7 Å². The van der Waals surface area contributed by atoms with Crippen molar-refractivity contribution in [2.24, 2.45) is 5.92 Å². The number of aryl methyl sites for hydroxylation is 1. The summed E-state index contributed by atoms with van der Waals surface area (Å²) in [4.78, 5) is 21.4. The van der Waals surface area contributed by atoms with Crippen LogP contribution in [0.15, 0.2) is 6.07 Å². The first-order valence-electron chi connectivity index (χ1n) is 4.94. The molecule has 0 atom stereocenters. The first kappa shape index (κ1) is 11.1. The molecule has 0 unspecified atom stereocenters. The molecule has 6 heteroatoms. The molecule has 0 bridgehead atoms. The smallest absolute Gasteiger partial charge is 0.312 e. The van der Waals surface area contributed by atoms with Crippen molar-refractivity contribution in [2.75, 3.05) is 25.1 Å². The van der Waals surface area contributed by atoms with E-state index in [9.17, 15) is 4.79 Å². The van der Waals surface area contributed by atoms with Gasteiger partial charge in [0.15, 0.2) is 0 Å². The Balaban J connectivity index is 2.04. The van der Waals surface area contributed by atoms with Crippen LogP contribution in [0.4, 0.5) is 5.82 Å². The number of rotatable bonds is 2. The average molecular weight is 242 g/mol. The lowest BCUT2D eigenvalue weighted by Crippen LogP contribution is -2.51. The predicted molar refractivity (Wildman–Crippen MR) is 59.5 cm³/mol. The van der Waals surface area contributed by atoms with Crippen LogP contribution in [-0.4, -0.2) is 36.1 Å². The Labute approximate surface area is 98.4 Å². The number of hydrogen-bond acceptors (Lipinski definition) is 5. The van der Waals surface area contributed by atoms with Crippen LogP contribution in [-0.2, 0) is 9.53 Å². The van der Waals surface area contributed by atoms with E-state index in [1.165, 1.54) is 7.11 Å². The van der Waals surface area contributed by atoms with Gasteiger partial charge >= 0.3 is 5.97 Å². The molecule has 1 aliphatic rings. The van der Waals surface area contributed by atoms with Crippen LogP contribution < -0.4 is 4.90 Å². The van der Waals surface area contributed by atoms with Crippen molar-refractivity contribution < 1.29 is 9.53 Å². The summed E-state index contributed by atoms with van der Waals surface area (Å²) < 4.78 is 4.66. The standard InChI is InChI=1S/C10H12ClN3O2/c1-6-12-8(11)3-9(13-6)14-4-7(5-14)10(15)16-2/h3,7H,4-5H2,1-2H3. The Morgan fingerprint density at radius 2 is 2.25 bits per heavy atom. The Hall–Kier alpha value is -1.36. The van der Waals surface area contributed by atoms with Gasteiger partial charge < -0.3 is 9.64 Å². The molecule has 0 saturated carbocycles. The zero-order valence-electron chi connectivity index (χ0n) is 9.11. The fourth-order valence-corrected chi connectivity index (χ4v) is 1.88. The van der Waals surface area contributed by atoms with Gasteiger partial charge in [-0.1, -0.05) is 11.6 Å². The van der Waals surface area contributed by atoms with Gasteiger partial charge in [0.1, 0.15) is 16.8 Å². The Morgan fingerprint density at radius 1 is 1.56 bits per heavy atom. The monoisotopic (exact) mass is 241 g/mol. The quantitative estimate of drug-likeness (QED) is 0.572. The molecule has 0 aliphatic carbocycles. The summed E-state index contributed by atoms with van der Waals surface area (Å²) in [5, 5.41) is 0.420. The van der Waals surface area contributed by atoms with Gasteiger partial charge in [-0.3, -0.25) is 4.79 Å². The second-order valence-corrected chi connectivity index (χ2v) is 4.11. The highest BCUT2D eigenvalue weighted by atomic mass is 35.5. The Kier molecular flexibility index (Phi) is 2.96. The second kappa shape index (κ2) is 4.25. The number of hydrogen-bond donors (Lipinski definition) is 0. The maximum Gasteiger partial charge on any atom is 0.312 e. The maximum absolute atomic E-state index is 11.2. The fraction of sp³-hybridized carbons (Fsp3) is 0.500. The highest BCUT2D eigenvalue weighted by molar-refractivity contribution is 6.29. The summed E-state index contributed by atoms with van der Waals surface area (Å²) in [6, 6.07) is 1.70. The summed E-state index contributed by atoms with van der Waals surface area (Å²) in [6.07, 6.45) is 0. The average Bonchev–Trinajstić information content (AvgIpc) is 2.13. The third kappa shape index (κ3) is 2.09. The van der Waals surface area contributed by atoms with Crippen LogP contribution in [0.3, 0.4) is 0 Å². The van der Waals surface area contributed by atoms with E-state index < -0.39 is 0 Å². The number of nitrogens with zero attached hydrogens (tertiary/aromatic N) is 3. The molecule has 86 valence electrons. The molecular weight excluding hydrogens is 230 g/mol. The van der Waals surface area contributed by atoms with Crippen molar-refractivity contribution in [3.8, 4) is 0 Å². The summed E-state index contributed by atoms with van der Waals surface area (Å²) >= 11 is 5.83. The molecule has 1 aromatic heterocycles. The molecule has 5 nitrogen and oxygen atoms in total. The van der Waals surface area contributed by atoms with Crippen molar-refractivity contribution in [3.63, 3.8) is 0 Å². The topological polar surface area (TPSA) is 55.3 Å². The van der Waals surface area contributed by atoms with Crippen LogP contribution in [0.1, 0.15) is 5.82 Å². The highest BCUT2D eigenvalue weighted by Gasteiger charge is 2.34. The van der Waals surface area contributed by atoms with E-state index in [-0.39, 0.29) is 11.9 Å². The van der Waals surface area contributed by atoms with Crippen LogP contribution >= 0.6 is 11.6 Å². The lowest BCUT2D eigenvalue weighted by atomic mass is 10.0. The lowest BCUT2D eigenvalue weighted by molar-refractivity contribution is -0.146. The minimum absolute atomic E-state index is 0.0564. The van der Waals surface area contributed by atoms with E-state index >= 15 is 0 Å². The predicted octanol–water partition coefficient (Wildman–Crippen LogP) is 1.05. The lowest BCUT2D eigenvalue weighted by Gasteiger charge is -2.38.